The van der Waals surface area contributed by atoms with E-state index < -0.39 is 42.3 Å². The van der Waals surface area contributed by atoms with Gasteiger partial charge in [-0.15, -0.1) is 0 Å². The summed E-state index contributed by atoms with van der Waals surface area (Å²) in [4.78, 5) is 49.5. The number of anilines is 1. The van der Waals surface area contributed by atoms with Crippen molar-refractivity contribution in [2.45, 2.75) is 19.5 Å². The van der Waals surface area contributed by atoms with Gasteiger partial charge in [-0.3, -0.25) is 23.9 Å². The molecule has 4 N–H and O–H groups in total. The van der Waals surface area contributed by atoms with Crippen LogP contribution in [0, 0.1) is 6.92 Å². The van der Waals surface area contributed by atoms with Crippen LogP contribution in [0.4, 0.5) is 5.69 Å². The number of aliphatic hydroxyl groups excluding tert-OH is 1. The zero-order chi connectivity index (χ0) is 20.0. The largest absolute Gasteiger partial charge is 0.497 e. The molecule has 1 aromatic carbocycles. The molecule has 0 bridgehead atoms. The number of nitrogens with one attached hydrogen (secondary N) is 3. The summed E-state index contributed by atoms with van der Waals surface area (Å²) in [6.07, 6.45) is 1.24. The minimum absolute atomic E-state index is 0.261. The summed E-state index contributed by atoms with van der Waals surface area (Å²) in [6, 6.07) is 5.36. The predicted molar refractivity (Wildman–Crippen MR) is 96.7 cm³/mol. The first-order chi connectivity index (χ1) is 12.8. The van der Waals surface area contributed by atoms with Crippen LogP contribution in [-0.2, 0) is 16.1 Å². The van der Waals surface area contributed by atoms with E-state index in [2.05, 4.69) is 15.6 Å². The summed E-state index contributed by atoms with van der Waals surface area (Å²) in [6.45, 7) is 0.436. The maximum absolute atomic E-state index is 12.3. The van der Waals surface area contributed by atoms with Crippen molar-refractivity contribution in [2.24, 2.45) is 0 Å². The third kappa shape index (κ3) is 5.28. The van der Waals surface area contributed by atoms with Gasteiger partial charge in [0.2, 0.25) is 11.8 Å². The Bertz CT molecular complexity index is 949. The van der Waals surface area contributed by atoms with E-state index in [-0.39, 0.29) is 5.56 Å². The molecular weight excluding hydrogens is 356 g/mol. The second-order valence-corrected chi connectivity index (χ2v) is 5.72. The molecule has 2 rings (SSSR count). The molecule has 27 heavy (non-hydrogen) atoms. The van der Waals surface area contributed by atoms with Gasteiger partial charge < -0.3 is 20.5 Å². The Kier molecular flexibility index (Phi) is 6.50. The fourth-order valence-electron chi connectivity index (χ4n) is 2.25. The summed E-state index contributed by atoms with van der Waals surface area (Å²) in [5, 5.41) is 14.3. The van der Waals surface area contributed by atoms with Crippen molar-refractivity contribution >= 4 is 17.5 Å². The number of H-pyrrole nitrogens is 1. The molecule has 0 radical (unpaired) electrons. The molecule has 0 saturated carbocycles. The molecule has 2 amide bonds. The molecule has 0 aliphatic heterocycles. The molecular formula is C17H20N4O6. The Morgan fingerprint density at radius 2 is 2.07 bits per heavy atom. The number of rotatable bonds is 7. The number of hydrogen-bond acceptors (Lipinski definition) is 6. The quantitative estimate of drug-likeness (QED) is 0.487. The monoisotopic (exact) mass is 376 g/mol. The average Bonchev–Trinajstić information content (AvgIpc) is 2.64. The molecule has 144 valence electrons. The Balaban J connectivity index is 2.03. The molecule has 2 aromatic rings. The molecule has 10 heteroatoms. The van der Waals surface area contributed by atoms with Crippen LogP contribution < -0.4 is 26.6 Å². The van der Waals surface area contributed by atoms with Crippen LogP contribution in [0.1, 0.15) is 5.56 Å². The molecule has 0 spiro atoms. The Morgan fingerprint density at radius 1 is 1.33 bits per heavy atom. The van der Waals surface area contributed by atoms with Gasteiger partial charge in [0.25, 0.3) is 5.56 Å². The highest BCUT2D eigenvalue weighted by atomic mass is 16.5. The van der Waals surface area contributed by atoms with Gasteiger partial charge in [0.05, 0.1) is 13.7 Å². The zero-order valence-electron chi connectivity index (χ0n) is 14.8. The maximum atomic E-state index is 12.3. The van der Waals surface area contributed by atoms with E-state index in [1.54, 1.807) is 24.3 Å². The third-order valence-corrected chi connectivity index (χ3v) is 3.67. The van der Waals surface area contributed by atoms with Crippen molar-refractivity contribution in [1.29, 1.82) is 0 Å². The fraction of sp³-hybridized carbons (Fsp3) is 0.294. The van der Waals surface area contributed by atoms with Crippen molar-refractivity contribution in [2.75, 3.05) is 19.0 Å². The number of carbonyl (C=O) groups is 2. The van der Waals surface area contributed by atoms with Crippen molar-refractivity contribution in [3.63, 3.8) is 0 Å². The molecule has 1 aromatic heterocycles. The number of aryl methyl sites for hydroxylation is 1. The van der Waals surface area contributed by atoms with E-state index in [0.717, 1.165) is 4.57 Å². The number of carbonyl (C=O) groups excluding carboxylic acids is 2. The van der Waals surface area contributed by atoms with E-state index in [0.29, 0.717) is 11.4 Å². The summed E-state index contributed by atoms with van der Waals surface area (Å²) in [7, 11) is 1.48. The van der Waals surface area contributed by atoms with Crippen LogP contribution in [0.2, 0.25) is 0 Å². The minimum Gasteiger partial charge on any atom is -0.497 e. The Hall–Kier alpha value is -3.40. The van der Waals surface area contributed by atoms with Gasteiger partial charge in [0.1, 0.15) is 18.3 Å². The van der Waals surface area contributed by atoms with E-state index in [9.17, 15) is 24.3 Å². The highest BCUT2D eigenvalue weighted by molar-refractivity contribution is 5.97. The molecule has 0 aliphatic carbocycles. The Morgan fingerprint density at radius 3 is 2.74 bits per heavy atom. The number of aliphatic hydroxyl groups is 1. The van der Waals surface area contributed by atoms with E-state index >= 15 is 0 Å². The van der Waals surface area contributed by atoms with Gasteiger partial charge in [-0.05, 0) is 19.1 Å². The lowest BCUT2D eigenvalue weighted by Gasteiger charge is -2.17. The number of hydrogen-bond donors (Lipinski definition) is 4. The van der Waals surface area contributed by atoms with Crippen molar-refractivity contribution in [3.8, 4) is 5.75 Å². The number of methoxy groups -OCH3 is 1. The summed E-state index contributed by atoms with van der Waals surface area (Å²) in [5.74, 6) is -0.780. The van der Waals surface area contributed by atoms with Crippen LogP contribution in [0.3, 0.4) is 0 Å². The van der Waals surface area contributed by atoms with Gasteiger partial charge in [-0.1, -0.05) is 6.07 Å². The van der Waals surface area contributed by atoms with Gasteiger partial charge in [-0.25, -0.2) is 4.79 Å². The lowest BCUT2D eigenvalue weighted by Crippen LogP contribution is -2.48. The van der Waals surface area contributed by atoms with Crippen molar-refractivity contribution in [3.05, 3.63) is 56.9 Å². The Labute approximate surface area is 153 Å². The average molecular weight is 376 g/mol. The second kappa shape index (κ2) is 8.81. The molecule has 0 unspecified atom stereocenters. The van der Waals surface area contributed by atoms with Crippen molar-refractivity contribution in [1.82, 2.24) is 14.9 Å². The van der Waals surface area contributed by atoms with Crippen molar-refractivity contribution < 1.29 is 19.4 Å². The van der Waals surface area contributed by atoms with Gasteiger partial charge in [0.15, 0.2) is 0 Å². The van der Waals surface area contributed by atoms with E-state index in [4.69, 9.17) is 4.74 Å². The molecule has 1 heterocycles. The fourth-order valence-corrected chi connectivity index (χ4v) is 2.25. The molecule has 0 fully saturated rings. The molecule has 0 saturated heterocycles. The number of nitrogens with zero attached hydrogens (tertiary/aromatic N) is 1. The number of benzene rings is 1. The van der Waals surface area contributed by atoms with Gasteiger partial charge >= 0.3 is 5.69 Å². The normalized spacial score (nSPS) is 11.5. The number of amides is 2. The highest BCUT2D eigenvalue weighted by Crippen LogP contribution is 2.16. The summed E-state index contributed by atoms with van der Waals surface area (Å²) in [5.41, 5.74) is -0.596. The first-order valence-electron chi connectivity index (χ1n) is 7.99. The van der Waals surface area contributed by atoms with Crippen LogP contribution in [-0.4, -0.2) is 46.2 Å². The van der Waals surface area contributed by atoms with Crippen LogP contribution >= 0.6 is 0 Å². The molecule has 1 atom stereocenters. The SMILES string of the molecule is COc1cccc(NC(=O)[C@H](CO)NC(=O)Cn2cc(C)c(=O)[nH]c2=O)c1. The smallest absolute Gasteiger partial charge is 0.328 e. The number of aromatic nitrogens is 2. The standard InChI is InChI=1S/C17H20N4O6/c1-10-7-21(17(26)20-15(10)24)8-14(23)19-13(9-22)16(25)18-11-4-3-5-12(6-11)27-2/h3-7,13,22H,8-9H2,1-2H3,(H,18,25)(H,19,23)(H,20,24,26)/t13-/m0/s1. The molecule has 10 nitrogen and oxygen atoms in total. The van der Waals surface area contributed by atoms with Gasteiger partial charge in [-0.2, -0.15) is 0 Å². The molecule has 0 aliphatic rings. The van der Waals surface area contributed by atoms with E-state index in [1.165, 1.54) is 20.2 Å². The summed E-state index contributed by atoms with van der Waals surface area (Å²) >= 11 is 0. The van der Waals surface area contributed by atoms with Crippen LogP contribution in [0.15, 0.2) is 40.1 Å². The minimum atomic E-state index is -1.22. The van der Waals surface area contributed by atoms with Crippen LogP contribution in [0.25, 0.3) is 0 Å². The topological polar surface area (TPSA) is 143 Å². The highest BCUT2D eigenvalue weighted by Gasteiger charge is 2.20. The third-order valence-electron chi connectivity index (χ3n) is 3.67. The predicted octanol–water partition coefficient (Wildman–Crippen LogP) is -1.03. The number of ether oxygens (including phenoxy) is 1. The van der Waals surface area contributed by atoms with Gasteiger partial charge in [0, 0.05) is 23.5 Å². The van der Waals surface area contributed by atoms with Crippen LogP contribution in [0.5, 0.6) is 5.75 Å². The lowest BCUT2D eigenvalue weighted by atomic mass is 10.2. The lowest BCUT2D eigenvalue weighted by molar-refractivity contribution is -0.127. The maximum Gasteiger partial charge on any atom is 0.328 e. The van der Waals surface area contributed by atoms with E-state index in [1.807, 2.05) is 0 Å². The number of aromatic amines is 1. The summed E-state index contributed by atoms with van der Waals surface area (Å²) < 4.78 is 6.06. The second-order valence-electron chi connectivity index (χ2n) is 5.72. The first kappa shape index (κ1) is 19.9. The zero-order valence-corrected chi connectivity index (χ0v) is 14.8. The first-order valence-corrected chi connectivity index (χ1v) is 7.99.